The highest BCUT2D eigenvalue weighted by Crippen LogP contribution is 2.30. The van der Waals surface area contributed by atoms with Gasteiger partial charge in [0.15, 0.2) is 11.5 Å². The van der Waals surface area contributed by atoms with Crippen LogP contribution in [0.4, 0.5) is 0 Å². The van der Waals surface area contributed by atoms with Crippen molar-refractivity contribution in [3.63, 3.8) is 0 Å². The summed E-state index contributed by atoms with van der Waals surface area (Å²) in [6.45, 7) is 4.32. The number of amides is 2. The molecule has 2 aliphatic rings. The predicted molar refractivity (Wildman–Crippen MR) is 74.2 cm³/mol. The number of Topliss-reactive ketones (excluding diaryl/α,β-unsaturated/α-hetero) is 1. The number of rotatable bonds is 1. The molecular formula is C15H18N2O4. The standard InChI is InChI=1S/C15H18N2O4/c1-8-12-10(18)4-3-5-11(12)21-13(8)15(20)17-7-6-16-14(19)9(17)2/h9H,3-7H2,1-2H3,(H,16,19)/t9-/m1/s1. The quantitative estimate of drug-likeness (QED) is 0.839. The molecule has 112 valence electrons. The number of hydrogen-bond acceptors (Lipinski definition) is 4. The fourth-order valence-corrected chi connectivity index (χ4v) is 3.04. The molecule has 1 saturated heterocycles. The van der Waals surface area contributed by atoms with Crippen LogP contribution < -0.4 is 5.32 Å². The first-order valence-electron chi connectivity index (χ1n) is 7.25. The van der Waals surface area contributed by atoms with Crippen molar-refractivity contribution in [2.45, 2.75) is 39.2 Å². The van der Waals surface area contributed by atoms with E-state index in [9.17, 15) is 14.4 Å². The maximum absolute atomic E-state index is 12.6. The van der Waals surface area contributed by atoms with E-state index in [0.717, 1.165) is 6.42 Å². The molecule has 1 aromatic rings. The van der Waals surface area contributed by atoms with E-state index in [-0.39, 0.29) is 23.4 Å². The molecular weight excluding hydrogens is 272 g/mol. The van der Waals surface area contributed by atoms with Crippen molar-refractivity contribution in [1.29, 1.82) is 0 Å². The van der Waals surface area contributed by atoms with E-state index in [1.807, 2.05) is 0 Å². The number of nitrogens with zero attached hydrogens (tertiary/aromatic N) is 1. The van der Waals surface area contributed by atoms with Crippen LogP contribution in [0.25, 0.3) is 0 Å². The average molecular weight is 290 g/mol. The monoisotopic (exact) mass is 290 g/mol. The van der Waals surface area contributed by atoms with Gasteiger partial charge in [0.2, 0.25) is 5.91 Å². The topological polar surface area (TPSA) is 79.6 Å². The lowest BCUT2D eigenvalue weighted by molar-refractivity contribution is -0.127. The third kappa shape index (κ3) is 2.14. The zero-order valence-electron chi connectivity index (χ0n) is 12.2. The highest BCUT2D eigenvalue weighted by molar-refractivity contribution is 6.04. The van der Waals surface area contributed by atoms with Crippen LogP contribution in [0.15, 0.2) is 4.42 Å². The number of nitrogens with one attached hydrogen (secondary N) is 1. The number of hydrogen-bond donors (Lipinski definition) is 1. The van der Waals surface area contributed by atoms with E-state index in [4.69, 9.17) is 4.42 Å². The van der Waals surface area contributed by atoms with Gasteiger partial charge in [0.25, 0.3) is 5.91 Å². The first-order valence-corrected chi connectivity index (χ1v) is 7.25. The maximum Gasteiger partial charge on any atom is 0.290 e. The van der Waals surface area contributed by atoms with Crippen LogP contribution in [0.1, 0.15) is 52.0 Å². The summed E-state index contributed by atoms with van der Waals surface area (Å²) in [5, 5.41) is 2.72. The molecule has 1 aromatic heterocycles. The molecule has 2 heterocycles. The van der Waals surface area contributed by atoms with E-state index in [1.165, 1.54) is 4.90 Å². The molecule has 1 aliphatic carbocycles. The van der Waals surface area contributed by atoms with E-state index in [0.29, 0.717) is 42.8 Å². The van der Waals surface area contributed by atoms with Crippen molar-refractivity contribution in [1.82, 2.24) is 10.2 Å². The second-order valence-corrected chi connectivity index (χ2v) is 5.60. The van der Waals surface area contributed by atoms with Crippen LogP contribution in [0.3, 0.4) is 0 Å². The smallest absolute Gasteiger partial charge is 0.290 e. The van der Waals surface area contributed by atoms with Crippen molar-refractivity contribution in [3.8, 4) is 0 Å². The van der Waals surface area contributed by atoms with Crippen LogP contribution in [0.5, 0.6) is 0 Å². The first-order chi connectivity index (χ1) is 10.0. The molecule has 0 unspecified atom stereocenters. The van der Waals surface area contributed by atoms with Gasteiger partial charge in [-0.3, -0.25) is 14.4 Å². The normalized spacial score (nSPS) is 22.0. The minimum absolute atomic E-state index is 0.0426. The lowest BCUT2D eigenvalue weighted by atomic mass is 9.94. The van der Waals surface area contributed by atoms with E-state index >= 15 is 0 Å². The summed E-state index contributed by atoms with van der Waals surface area (Å²) >= 11 is 0. The molecule has 6 nitrogen and oxygen atoms in total. The molecule has 0 aromatic carbocycles. The highest BCUT2D eigenvalue weighted by Gasteiger charge is 2.35. The minimum Gasteiger partial charge on any atom is -0.455 e. The predicted octanol–water partition coefficient (Wildman–Crippen LogP) is 1.07. The molecule has 1 aliphatic heterocycles. The summed E-state index contributed by atoms with van der Waals surface area (Å²) in [7, 11) is 0. The fraction of sp³-hybridized carbons (Fsp3) is 0.533. The molecule has 0 radical (unpaired) electrons. The van der Waals surface area contributed by atoms with Gasteiger partial charge in [-0.2, -0.15) is 0 Å². The van der Waals surface area contributed by atoms with E-state index in [1.54, 1.807) is 13.8 Å². The second-order valence-electron chi connectivity index (χ2n) is 5.60. The third-order valence-electron chi connectivity index (χ3n) is 4.26. The highest BCUT2D eigenvalue weighted by atomic mass is 16.4. The number of ketones is 1. The second kappa shape index (κ2) is 5.02. The number of carbonyl (C=O) groups excluding carboxylic acids is 3. The Balaban J connectivity index is 1.95. The van der Waals surface area contributed by atoms with Crippen molar-refractivity contribution in [3.05, 3.63) is 22.6 Å². The molecule has 1 fully saturated rings. The van der Waals surface area contributed by atoms with Gasteiger partial charge in [0.1, 0.15) is 11.8 Å². The number of carbonyl (C=O) groups is 3. The lowest BCUT2D eigenvalue weighted by Crippen LogP contribution is -2.55. The Labute approximate surface area is 122 Å². The lowest BCUT2D eigenvalue weighted by Gasteiger charge is -2.32. The van der Waals surface area contributed by atoms with E-state index in [2.05, 4.69) is 5.32 Å². The Morgan fingerprint density at radius 3 is 2.81 bits per heavy atom. The summed E-state index contributed by atoms with van der Waals surface area (Å²) in [4.78, 5) is 37.8. The summed E-state index contributed by atoms with van der Waals surface area (Å²) in [5.41, 5.74) is 1.18. The number of piperazine rings is 1. The molecule has 0 bridgehead atoms. The Hall–Kier alpha value is -2.11. The Morgan fingerprint density at radius 1 is 1.33 bits per heavy atom. The van der Waals surface area contributed by atoms with Crippen LogP contribution in [-0.2, 0) is 11.2 Å². The number of aryl methyl sites for hydroxylation is 1. The number of fused-ring (bicyclic) bond motifs is 1. The molecule has 1 N–H and O–H groups in total. The van der Waals surface area contributed by atoms with Gasteiger partial charge >= 0.3 is 0 Å². The molecule has 0 spiro atoms. The molecule has 0 saturated carbocycles. The van der Waals surface area contributed by atoms with Crippen LogP contribution in [-0.4, -0.2) is 41.6 Å². The molecule has 1 atom stereocenters. The summed E-state index contributed by atoms with van der Waals surface area (Å²) in [5.74, 6) is 0.385. The minimum atomic E-state index is -0.525. The van der Waals surface area contributed by atoms with Crippen molar-refractivity contribution >= 4 is 17.6 Å². The van der Waals surface area contributed by atoms with Gasteiger partial charge < -0.3 is 14.6 Å². The maximum atomic E-state index is 12.6. The largest absolute Gasteiger partial charge is 0.455 e. The third-order valence-corrected chi connectivity index (χ3v) is 4.26. The first kappa shape index (κ1) is 13.9. The number of furan rings is 1. The SMILES string of the molecule is Cc1c(C(=O)N2CCNC(=O)[C@H]2C)oc2c1C(=O)CCC2. The zero-order chi connectivity index (χ0) is 15.1. The van der Waals surface area contributed by atoms with Crippen molar-refractivity contribution in [2.75, 3.05) is 13.1 Å². The van der Waals surface area contributed by atoms with Gasteiger partial charge in [-0.25, -0.2) is 0 Å². The summed E-state index contributed by atoms with van der Waals surface area (Å²) in [6.07, 6.45) is 1.95. The Morgan fingerprint density at radius 2 is 2.10 bits per heavy atom. The Bertz CT molecular complexity index is 632. The van der Waals surface area contributed by atoms with Crippen LogP contribution in [0.2, 0.25) is 0 Å². The summed E-state index contributed by atoms with van der Waals surface area (Å²) in [6, 6.07) is -0.525. The Kier molecular flexibility index (Phi) is 3.31. The molecule has 3 rings (SSSR count). The average Bonchev–Trinajstić information content (AvgIpc) is 2.80. The van der Waals surface area contributed by atoms with Gasteiger partial charge in [-0.05, 0) is 20.3 Å². The van der Waals surface area contributed by atoms with Crippen LogP contribution in [0, 0.1) is 6.92 Å². The van der Waals surface area contributed by atoms with E-state index < -0.39 is 6.04 Å². The molecule has 2 amide bonds. The zero-order valence-corrected chi connectivity index (χ0v) is 12.2. The summed E-state index contributed by atoms with van der Waals surface area (Å²) < 4.78 is 5.66. The van der Waals surface area contributed by atoms with Gasteiger partial charge in [-0.15, -0.1) is 0 Å². The van der Waals surface area contributed by atoms with Gasteiger partial charge in [0, 0.05) is 31.5 Å². The van der Waals surface area contributed by atoms with Gasteiger partial charge in [-0.1, -0.05) is 0 Å². The molecule has 21 heavy (non-hydrogen) atoms. The molecule has 6 heteroatoms. The fourth-order valence-electron chi connectivity index (χ4n) is 3.04. The van der Waals surface area contributed by atoms with Crippen molar-refractivity contribution in [2.24, 2.45) is 0 Å². The van der Waals surface area contributed by atoms with Gasteiger partial charge in [0.05, 0.1) is 5.56 Å². The van der Waals surface area contributed by atoms with Crippen molar-refractivity contribution < 1.29 is 18.8 Å². The van der Waals surface area contributed by atoms with Crippen LogP contribution >= 0.6 is 0 Å².